The molecule has 1 aromatic rings. The van der Waals surface area contributed by atoms with Gasteiger partial charge < -0.3 is 4.90 Å². The molecule has 0 radical (unpaired) electrons. The van der Waals surface area contributed by atoms with Gasteiger partial charge in [0.25, 0.3) is 0 Å². The van der Waals surface area contributed by atoms with Crippen molar-refractivity contribution >= 4 is 22.6 Å². The van der Waals surface area contributed by atoms with Gasteiger partial charge in [-0.15, -0.1) is 10.2 Å². The Labute approximate surface area is 89.6 Å². The van der Waals surface area contributed by atoms with Gasteiger partial charge in [0, 0.05) is 35.7 Å². The van der Waals surface area contributed by atoms with E-state index in [2.05, 4.69) is 42.9 Å². The highest BCUT2D eigenvalue weighted by Gasteiger charge is 2.40. The fourth-order valence-corrected chi connectivity index (χ4v) is 2.68. The molecule has 2 aliphatic heterocycles. The molecule has 0 aliphatic carbocycles. The van der Waals surface area contributed by atoms with Crippen LogP contribution in [-0.2, 0) is 0 Å². The van der Waals surface area contributed by atoms with Crippen LogP contribution in [0, 0.1) is 9.75 Å². The number of tetrazole rings is 1. The average Bonchev–Trinajstić information content (AvgIpc) is 2.77. The smallest absolute Gasteiger partial charge is 0.234 e. The second-order valence-corrected chi connectivity index (χ2v) is 4.72. The largest absolute Gasteiger partial charge is 0.301 e. The molecule has 0 spiro atoms. The third-order valence-corrected chi connectivity index (χ3v) is 3.43. The number of nitrogens with zero attached hydrogens (tertiary/aromatic N) is 5. The molecule has 3 atom stereocenters. The SMILES string of the molecule is Ic1nnn(C2CN3CCC2C3)n1. The molecule has 0 amide bonds. The number of rotatable bonds is 1. The molecule has 1 aromatic heterocycles. The molecule has 3 unspecified atom stereocenters. The molecule has 13 heavy (non-hydrogen) atoms. The summed E-state index contributed by atoms with van der Waals surface area (Å²) in [6.07, 6.45) is 1.29. The van der Waals surface area contributed by atoms with E-state index in [1.807, 2.05) is 0 Å². The summed E-state index contributed by atoms with van der Waals surface area (Å²) in [5.41, 5.74) is 0. The van der Waals surface area contributed by atoms with Crippen molar-refractivity contribution in [1.82, 2.24) is 25.1 Å². The van der Waals surface area contributed by atoms with Crippen molar-refractivity contribution in [2.45, 2.75) is 12.5 Å². The number of fused-ring (bicyclic) bond motifs is 2. The summed E-state index contributed by atoms with van der Waals surface area (Å²) >= 11 is 2.10. The molecule has 2 fully saturated rings. The lowest BCUT2D eigenvalue weighted by atomic mass is 10.0. The van der Waals surface area contributed by atoms with E-state index in [0.29, 0.717) is 6.04 Å². The lowest BCUT2D eigenvalue weighted by Crippen LogP contribution is -2.27. The summed E-state index contributed by atoms with van der Waals surface area (Å²) in [7, 11) is 0. The van der Waals surface area contributed by atoms with E-state index in [0.717, 1.165) is 16.3 Å². The van der Waals surface area contributed by atoms with Crippen LogP contribution in [0.15, 0.2) is 0 Å². The Morgan fingerprint density at radius 2 is 2.31 bits per heavy atom. The van der Waals surface area contributed by atoms with Gasteiger partial charge in [-0.3, -0.25) is 0 Å². The van der Waals surface area contributed by atoms with Gasteiger partial charge in [0.1, 0.15) is 0 Å². The monoisotopic (exact) mass is 291 g/mol. The molecule has 0 aromatic carbocycles. The maximum Gasteiger partial charge on any atom is 0.234 e. The van der Waals surface area contributed by atoms with Crippen LogP contribution < -0.4 is 0 Å². The molecule has 2 bridgehead atoms. The maximum atomic E-state index is 4.27. The summed E-state index contributed by atoms with van der Waals surface area (Å²) in [5, 5.41) is 12.2. The zero-order valence-electron chi connectivity index (χ0n) is 7.10. The fourth-order valence-electron chi connectivity index (χ4n) is 2.37. The van der Waals surface area contributed by atoms with E-state index in [-0.39, 0.29) is 0 Å². The molecule has 3 heterocycles. The predicted molar refractivity (Wildman–Crippen MR) is 54.1 cm³/mol. The van der Waals surface area contributed by atoms with Gasteiger partial charge in [0.2, 0.25) is 3.83 Å². The molecule has 3 rings (SSSR count). The first-order valence-electron chi connectivity index (χ1n) is 4.50. The predicted octanol–water partition coefficient (Wildman–Crippen LogP) is 0.154. The van der Waals surface area contributed by atoms with Crippen LogP contribution in [0.1, 0.15) is 12.5 Å². The number of halogens is 1. The molecule has 70 valence electrons. The van der Waals surface area contributed by atoms with E-state index in [1.165, 1.54) is 19.5 Å². The van der Waals surface area contributed by atoms with Gasteiger partial charge in [-0.05, 0) is 24.1 Å². The van der Waals surface area contributed by atoms with E-state index < -0.39 is 0 Å². The van der Waals surface area contributed by atoms with E-state index in [1.54, 1.807) is 4.80 Å². The van der Waals surface area contributed by atoms with Gasteiger partial charge in [-0.25, -0.2) is 0 Å². The number of hydrogen-bond acceptors (Lipinski definition) is 4. The van der Waals surface area contributed by atoms with Gasteiger partial charge in [-0.1, -0.05) is 0 Å². The highest BCUT2D eigenvalue weighted by atomic mass is 127. The second kappa shape index (κ2) is 2.88. The Morgan fingerprint density at radius 1 is 1.38 bits per heavy atom. The van der Waals surface area contributed by atoms with Crippen molar-refractivity contribution in [2.24, 2.45) is 5.92 Å². The number of hydrogen-bond donors (Lipinski definition) is 0. The maximum absolute atomic E-state index is 4.27. The molecule has 6 heteroatoms. The Morgan fingerprint density at radius 3 is 2.85 bits per heavy atom. The topological polar surface area (TPSA) is 46.8 Å². The zero-order valence-corrected chi connectivity index (χ0v) is 9.25. The number of piperidine rings is 1. The molecule has 2 aliphatic rings. The van der Waals surface area contributed by atoms with E-state index in [4.69, 9.17) is 0 Å². The minimum atomic E-state index is 0.477. The Balaban J connectivity index is 1.87. The highest BCUT2D eigenvalue weighted by Crippen LogP contribution is 2.35. The summed E-state index contributed by atoms with van der Waals surface area (Å²) in [6.45, 7) is 3.59. The summed E-state index contributed by atoms with van der Waals surface area (Å²) in [6, 6.07) is 0.477. The molecular formula is C7H10IN5. The van der Waals surface area contributed by atoms with Crippen LogP contribution in [0.3, 0.4) is 0 Å². The Bertz CT molecular complexity index is 324. The third kappa shape index (κ3) is 1.26. The van der Waals surface area contributed by atoms with Crippen molar-refractivity contribution in [3.63, 3.8) is 0 Å². The molecular weight excluding hydrogens is 281 g/mol. The molecule has 0 N–H and O–H groups in total. The second-order valence-electron chi connectivity index (χ2n) is 3.75. The standard InChI is InChI=1S/C7H10IN5/c8-7-9-11-13(10-7)6-4-12-2-1-5(6)3-12/h5-6H,1-4H2. The van der Waals surface area contributed by atoms with Crippen molar-refractivity contribution in [3.8, 4) is 0 Å². The van der Waals surface area contributed by atoms with Gasteiger partial charge in [0.05, 0.1) is 6.04 Å². The first kappa shape index (κ1) is 8.10. The first-order chi connectivity index (χ1) is 6.33. The quantitative estimate of drug-likeness (QED) is 0.691. The summed E-state index contributed by atoms with van der Waals surface area (Å²) in [4.78, 5) is 4.27. The summed E-state index contributed by atoms with van der Waals surface area (Å²) < 4.78 is 0.746. The van der Waals surface area contributed by atoms with Gasteiger partial charge in [-0.2, -0.15) is 4.80 Å². The van der Waals surface area contributed by atoms with Crippen molar-refractivity contribution in [2.75, 3.05) is 19.6 Å². The van der Waals surface area contributed by atoms with Crippen LogP contribution >= 0.6 is 22.6 Å². The van der Waals surface area contributed by atoms with Gasteiger partial charge in [0.15, 0.2) is 0 Å². The molecule has 2 saturated heterocycles. The first-order valence-corrected chi connectivity index (χ1v) is 5.58. The normalized spacial score (nSPS) is 37.2. The van der Waals surface area contributed by atoms with Crippen molar-refractivity contribution in [1.29, 1.82) is 0 Å². The molecule has 5 nitrogen and oxygen atoms in total. The average molecular weight is 291 g/mol. The Hall–Kier alpha value is -0.240. The van der Waals surface area contributed by atoms with E-state index in [9.17, 15) is 0 Å². The van der Waals surface area contributed by atoms with Crippen LogP contribution in [-0.4, -0.2) is 44.7 Å². The van der Waals surface area contributed by atoms with Gasteiger partial charge >= 0.3 is 0 Å². The Kier molecular flexibility index (Phi) is 1.79. The minimum Gasteiger partial charge on any atom is -0.301 e. The van der Waals surface area contributed by atoms with Crippen LogP contribution in [0.25, 0.3) is 0 Å². The van der Waals surface area contributed by atoms with Crippen LogP contribution in [0.4, 0.5) is 0 Å². The summed E-state index contributed by atoms with van der Waals surface area (Å²) in [5.74, 6) is 0.755. The van der Waals surface area contributed by atoms with Crippen molar-refractivity contribution in [3.05, 3.63) is 3.83 Å². The van der Waals surface area contributed by atoms with Crippen molar-refractivity contribution < 1.29 is 0 Å². The zero-order chi connectivity index (χ0) is 8.84. The minimum absolute atomic E-state index is 0.477. The molecule has 0 saturated carbocycles. The van der Waals surface area contributed by atoms with E-state index >= 15 is 0 Å². The lowest BCUT2D eigenvalue weighted by Gasteiger charge is -2.20. The van der Waals surface area contributed by atoms with Crippen LogP contribution in [0.5, 0.6) is 0 Å². The highest BCUT2D eigenvalue weighted by molar-refractivity contribution is 14.1. The van der Waals surface area contributed by atoms with Crippen LogP contribution in [0.2, 0.25) is 0 Å². The fraction of sp³-hybridized carbons (Fsp3) is 0.857. The third-order valence-electron chi connectivity index (χ3n) is 3.00. The number of aromatic nitrogens is 4. The lowest BCUT2D eigenvalue weighted by molar-refractivity contribution is 0.263.